The molecule has 6 heteroatoms. The Hall–Kier alpha value is -2.16. The lowest BCUT2D eigenvalue weighted by atomic mass is 9.97. The van der Waals surface area contributed by atoms with E-state index in [0.29, 0.717) is 11.6 Å². The maximum Gasteiger partial charge on any atom is 0.244 e. The predicted octanol–water partition coefficient (Wildman–Crippen LogP) is 1.53. The number of aryl methyl sites for hydroxylation is 1. The van der Waals surface area contributed by atoms with E-state index in [2.05, 4.69) is 15.3 Å². The van der Waals surface area contributed by atoms with Crippen molar-refractivity contribution in [2.45, 2.75) is 20.8 Å². The highest BCUT2D eigenvalue weighted by atomic mass is 16.5. The van der Waals surface area contributed by atoms with E-state index in [9.17, 15) is 4.79 Å². The highest BCUT2D eigenvalue weighted by Crippen LogP contribution is 2.14. The number of nitrogens with zero attached hydrogens (tertiary/aromatic N) is 3. The van der Waals surface area contributed by atoms with Gasteiger partial charge >= 0.3 is 0 Å². The van der Waals surface area contributed by atoms with E-state index >= 15 is 0 Å². The van der Waals surface area contributed by atoms with Crippen LogP contribution in [0.2, 0.25) is 0 Å². The van der Waals surface area contributed by atoms with Crippen molar-refractivity contribution >= 4 is 11.9 Å². The Labute approximate surface area is 106 Å². The van der Waals surface area contributed by atoms with E-state index in [1.807, 2.05) is 19.9 Å². The van der Waals surface area contributed by atoms with Crippen molar-refractivity contribution in [2.24, 2.45) is 11.8 Å². The zero-order valence-corrected chi connectivity index (χ0v) is 10.9. The molecule has 1 amide bonds. The quantitative estimate of drug-likeness (QED) is 0.872. The molecule has 0 spiro atoms. The van der Waals surface area contributed by atoms with Gasteiger partial charge in [0.25, 0.3) is 0 Å². The lowest BCUT2D eigenvalue weighted by Crippen LogP contribution is -2.26. The van der Waals surface area contributed by atoms with Gasteiger partial charge in [0.05, 0.1) is 13.2 Å². The molecule has 1 heterocycles. The second-order valence-electron chi connectivity index (χ2n) is 4.22. The molecule has 1 aromatic heterocycles. The molecule has 0 bridgehead atoms. The van der Waals surface area contributed by atoms with Crippen LogP contribution in [0.25, 0.3) is 0 Å². The number of amides is 1. The average molecular weight is 248 g/mol. The number of methoxy groups -OCH3 is 1. The van der Waals surface area contributed by atoms with Gasteiger partial charge in [0.2, 0.25) is 17.7 Å². The van der Waals surface area contributed by atoms with Crippen LogP contribution >= 0.6 is 0 Å². The summed E-state index contributed by atoms with van der Waals surface area (Å²) in [7, 11) is 1.49. The number of carbonyl (C=O) groups is 1. The van der Waals surface area contributed by atoms with E-state index in [-0.39, 0.29) is 11.9 Å². The number of rotatable bonds is 4. The Bertz CT molecular complexity index is 479. The minimum Gasteiger partial charge on any atom is -0.481 e. The van der Waals surface area contributed by atoms with Gasteiger partial charge in [0.15, 0.2) is 0 Å². The largest absolute Gasteiger partial charge is 0.481 e. The summed E-state index contributed by atoms with van der Waals surface area (Å²) in [5.41, 5.74) is 0.676. The fraction of sp³-hybridized carbons (Fsp3) is 0.500. The molecule has 0 aliphatic carbocycles. The molecule has 0 fully saturated rings. The number of hydrogen-bond acceptors (Lipinski definition) is 5. The Balaban J connectivity index is 2.88. The molecule has 1 N–H and O–H groups in total. The summed E-state index contributed by atoms with van der Waals surface area (Å²) in [4.78, 5) is 19.9. The van der Waals surface area contributed by atoms with Crippen molar-refractivity contribution in [1.29, 1.82) is 5.26 Å². The number of anilines is 1. The van der Waals surface area contributed by atoms with Crippen molar-refractivity contribution in [3.63, 3.8) is 0 Å². The molecule has 0 aliphatic heterocycles. The minimum absolute atomic E-state index is 0.0679. The van der Waals surface area contributed by atoms with Crippen LogP contribution in [-0.4, -0.2) is 23.0 Å². The third-order valence-corrected chi connectivity index (χ3v) is 2.36. The lowest BCUT2D eigenvalue weighted by molar-refractivity contribution is -0.119. The van der Waals surface area contributed by atoms with E-state index < -0.39 is 11.8 Å². The van der Waals surface area contributed by atoms with E-state index in [1.54, 1.807) is 13.0 Å². The number of nitriles is 1. The van der Waals surface area contributed by atoms with Crippen LogP contribution in [0.3, 0.4) is 0 Å². The molecule has 0 aromatic carbocycles. The molecule has 1 aromatic rings. The normalized spacial score (nSPS) is 11.8. The van der Waals surface area contributed by atoms with Gasteiger partial charge in [0.1, 0.15) is 5.92 Å². The molecule has 6 nitrogen and oxygen atoms in total. The molecule has 0 saturated carbocycles. The zero-order valence-electron chi connectivity index (χ0n) is 10.9. The van der Waals surface area contributed by atoms with Crippen LogP contribution in [0.15, 0.2) is 6.07 Å². The van der Waals surface area contributed by atoms with Gasteiger partial charge in [-0.15, -0.1) is 0 Å². The monoisotopic (exact) mass is 248 g/mol. The van der Waals surface area contributed by atoms with Crippen LogP contribution in [0, 0.1) is 30.1 Å². The molecule has 1 rings (SSSR count). The van der Waals surface area contributed by atoms with Crippen LogP contribution in [-0.2, 0) is 4.79 Å². The highest BCUT2D eigenvalue weighted by Gasteiger charge is 2.22. The summed E-state index contributed by atoms with van der Waals surface area (Å²) >= 11 is 0. The first-order valence-corrected chi connectivity index (χ1v) is 5.58. The lowest BCUT2D eigenvalue weighted by Gasteiger charge is -2.12. The summed E-state index contributed by atoms with van der Waals surface area (Å²) in [6.45, 7) is 5.39. The summed E-state index contributed by atoms with van der Waals surface area (Å²) in [5, 5.41) is 11.5. The van der Waals surface area contributed by atoms with Crippen molar-refractivity contribution in [2.75, 3.05) is 12.4 Å². The number of nitrogens with one attached hydrogen (secondary N) is 1. The van der Waals surface area contributed by atoms with Crippen LogP contribution in [0.5, 0.6) is 5.88 Å². The summed E-state index contributed by atoms with van der Waals surface area (Å²) < 4.78 is 4.98. The Kier molecular flexibility index (Phi) is 4.60. The van der Waals surface area contributed by atoms with Crippen molar-refractivity contribution < 1.29 is 9.53 Å². The van der Waals surface area contributed by atoms with Gasteiger partial charge < -0.3 is 4.74 Å². The second-order valence-corrected chi connectivity index (χ2v) is 4.22. The molecular weight excluding hydrogens is 232 g/mol. The topological polar surface area (TPSA) is 87.9 Å². The van der Waals surface area contributed by atoms with Crippen LogP contribution < -0.4 is 10.1 Å². The number of aromatic nitrogens is 2. The third-order valence-electron chi connectivity index (χ3n) is 2.36. The Morgan fingerprint density at radius 2 is 2.17 bits per heavy atom. The van der Waals surface area contributed by atoms with E-state index in [0.717, 1.165) is 0 Å². The Morgan fingerprint density at radius 1 is 1.50 bits per heavy atom. The summed E-state index contributed by atoms with van der Waals surface area (Å²) in [6, 6.07) is 3.62. The minimum atomic E-state index is -0.722. The highest BCUT2D eigenvalue weighted by molar-refractivity contribution is 5.92. The SMILES string of the molecule is COc1cc(C)nc(NC(=O)C(C#N)C(C)C)n1. The summed E-state index contributed by atoms with van der Waals surface area (Å²) in [6.07, 6.45) is 0. The van der Waals surface area contributed by atoms with Crippen molar-refractivity contribution in [3.8, 4) is 11.9 Å². The number of ether oxygens (including phenoxy) is 1. The predicted molar refractivity (Wildman–Crippen MR) is 65.9 cm³/mol. The maximum atomic E-state index is 11.8. The van der Waals surface area contributed by atoms with Gasteiger partial charge in [-0.05, 0) is 12.8 Å². The summed E-state index contributed by atoms with van der Waals surface area (Å²) in [5.74, 6) is -0.671. The molecule has 0 radical (unpaired) electrons. The molecule has 0 aliphatic rings. The molecule has 96 valence electrons. The van der Waals surface area contributed by atoms with E-state index in [1.165, 1.54) is 7.11 Å². The van der Waals surface area contributed by atoms with Crippen molar-refractivity contribution in [1.82, 2.24) is 9.97 Å². The smallest absolute Gasteiger partial charge is 0.244 e. The number of carbonyl (C=O) groups excluding carboxylic acids is 1. The first-order chi connectivity index (χ1) is 8.47. The average Bonchev–Trinajstić information content (AvgIpc) is 2.28. The molecular formula is C12H16N4O2. The number of hydrogen-bond donors (Lipinski definition) is 1. The zero-order chi connectivity index (χ0) is 13.7. The Morgan fingerprint density at radius 3 is 2.67 bits per heavy atom. The van der Waals surface area contributed by atoms with Crippen molar-refractivity contribution in [3.05, 3.63) is 11.8 Å². The van der Waals surface area contributed by atoms with Gasteiger partial charge in [-0.2, -0.15) is 10.2 Å². The van der Waals surface area contributed by atoms with E-state index in [4.69, 9.17) is 10.00 Å². The van der Waals surface area contributed by atoms with Crippen LogP contribution in [0.1, 0.15) is 19.5 Å². The van der Waals surface area contributed by atoms with Gasteiger partial charge in [0, 0.05) is 11.8 Å². The fourth-order valence-corrected chi connectivity index (χ4v) is 1.40. The van der Waals surface area contributed by atoms with Gasteiger partial charge in [-0.3, -0.25) is 10.1 Å². The molecule has 18 heavy (non-hydrogen) atoms. The van der Waals surface area contributed by atoms with Crippen LogP contribution in [0.4, 0.5) is 5.95 Å². The molecule has 0 saturated heterocycles. The fourth-order valence-electron chi connectivity index (χ4n) is 1.40. The van der Waals surface area contributed by atoms with Gasteiger partial charge in [-0.25, -0.2) is 4.98 Å². The van der Waals surface area contributed by atoms with Gasteiger partial charge in [-0.1, -0.05) is 13.8 Å². The first-order valence-electron chi connectivity index (χ1n) is 5.58. The third kappa shape index (κ3) is 3.42. The molecule has 1 unspecified atom stereocenters. The molecule has 1 atom stereocenters. The maximum absolute atomic E-state index is 11.8. The standard InChI is InChI=1S/C12H16N4O2/c1-7(2)9(6-13)11(17)16-12-14-8(3)5-10(15-12)18-4/h5,7,9H,1-4H3,(H,14,15,16,17). The second kappa shape index (κ2) is 5.96. The first kappa shape index (κ1) is 13.9.